The Morgan fingerprint density at radius 1 is 1.52 bits per heavy atom. The van der Waals surface area contributed by atoms with Gasteiger partial charge in [0, 0.05) is 26.3 Å². The van der Waals surface area contributed by atoms with Crippen LogP contribution >= 0.6 is 11.6 Å². The second-order valence-corrected chi connectivity index (χ2v) is 5.20. The van der Waals surface area contributed by atoms with Crippen molar-refractivity contribution in [3.63, 3.8) is 0 Å². The largest absolute Gasteiger partial charge is 0.340 e. The highest BCUT2D eigenvalue weighted by Crippen LogP contribution is 2.28. The molecular weight excluding hydrogens is 328 g/mol. The molecule has 1 amide bonds. The number of carbonyl (C=O) groups excluding carboxylic acids is 1. The molecule has 0 fully saturated rings. The minimum Gasteiger partial charge on any atom is -0.340 e. The maximum absolute atomic E-state index is 13.5. The number of hydrogen-bond donors (Lipinski definition) is 1. The number of hydrogen-bond acceptors (Lipinski definition) is 4. The summed E-state index contributed by atoms with van der Waals surface area (Å²) in [5.74, 6) is -0.477. The Morgan fingerprint density at radius 2 is 2.26 bits per heavy atom. The van der Waals surface area contributed by atoms with Crippen molar-refractivity contribution in [3.8, 4) is 5.82 Å². The van der Waals surface area contributed by atoms with Gasteiger partial charge in [0.2, 0.25) is 0 Å². The van der Waals surface area contributed by atoms with E-state index >= 15 is 0 Å². The van der Waals surface area contributed by atoms with Gasteiger partial charge in [0.1, 0.15) is 5.69 Å². The van der Waals surface area contributed by atoms with Crippen LogP contribution in [0.15, 0.2) is 24.5 Å². The molecule has 0 unspecified atom stereocenters. The SMILES string of the molecule is CNCCN(C)C(=O)c1cnn(-c2ncccc2Cl)c1C(F)F. The van der Waals surface area contributed by atoms with Crippen molar-refractivity contribution in [3.05, 3.63) is 40.8 Å². The first-order valence-corrected chi connectivity index (χ1v) is 7.22. The Kier molecular flexibility index (Phi) is 5.62. The molecule has 124 valence electrons. The summed E-state index contributed by atoms with van der Waals surface area (Å²) in [6, 6.07) is 3.09. The number of alkyl halides is 2. The van der Waals surface area contributed by atoms with Crippen molar-refractivity contribution in [2.45, 2.75) is 6.43 Å². The lowest BCUT2D eigenvalue weighted by Gasteiger charge is -2.17. The van der Waals surface area contributed by atoms with Crippen molar-refractivity contribution >= 4 is 17.5 Å². The molecule has 23 heavy (non-hydrogen) atoms. The lowest BCUT2D eigenvalue weighted by molar-refractivity contribution is 0.0782. The molecule has 0 aromatic carbocycles. The Morgan fingerprint density at radius 3 is 2.87 bits per heavy atom. The van der Waals surface area contributed by atoms with Crippen LogP contribution in [0.25, 0.3) is 5.82 Å². The van der Waals surface area contributed by atoms with E-state index in [9.17, 15) is 13.6 Å². The van der Waals surface area contributed by atoms with Gasteiger partial charge in [-0.15, -0.1) is 0 Å². The first kappa shape index (κ1) is 17.3. The third-order valence-corrected chi connectivity index (χ3v) is 3.52. The van der Waals surface area contributed by atoms with Gasteiger partial charge in [0.05, 0.1) is 16.8 Å². The number of aromatic nitrogens is 3. The predicted molar refractivity (Wildman–Crippen MR) is 82.2 cm³/mol. The van der Waals surface area contributed by atoms with Crippen LogP contribution in [0.3, 0.4) is 0 Å². The number of carbonyl (C=O) groups is 1. The normalized spacial score (nSPS) is 11.0. The number of nitrogens with zero attached hydrogens (tertiary/aromatic N) is 4. The summed E-state index contributed by atoms with van der Waals surface area (Å²) in [6.45, 7) is 0.931. The number of amides is 1. The van der Waals surface area contributed by atoms with E-state index in [1.807, 2.05) is 0 Å². The van der Waals surface area contributed by atoms with Gasteiger partial charge in [0.15, 0.2) is 5.82 Å². The average Bonchev–Trinajstić information content (AvgIpc) is 2.97. The van der Waals surface area contributed by atoms with Gasteiger partial charge in [-0.25, -0.2) is 18.4 Å². The van der Waals surface area contributed by atoms with E-state index in [2.05, 4.69) is 15.4 Å². The smallest absolute Gasteiger partial charge is 0.281 e. The van der Waals surface area contributed by atoms with E-state index in [1.54, 1.807) is 20.2 Å². The van der Waals surface area contributed by atoms with Crippen LogP contribution in [-0.2, 0) is 0 Å². The van der Waals surface area contributed by atoms with E-state index in [0.29, 0.717) is 13.1 Å². The zero-order valence-corrected chi connectivity index (χ0v) is 13.4. The lowest BCUT2D eigenvalue weighted by Crippen LogP contribution is -2.33. The van der Waals surface area contributed by atoms with E-state index in [1.165, 1.54) is 17.2 Å². The number of halogens is 3. The molecule has 0 atom stereocenters. The third-order valence-electron chi connectivity index (χ3n) is 3.23. The van der Waals surface area contributed by atoms with Crippen LogP contribution in [-0.4, -0.2) is 52.8 Å². The molecule has 0 aliphatic heterocycles. The molecule has 0 radical (unpaired) electrons. The minimum atomic E-state index is -2.90. The van der Waals surface area contributed by atoms with E-state index in [0.717, 1.165) is 10.9 Å². The van der Waals surface area contributed by atoms with Gasteiger partial charge < -0.3 is 10.2 Å². The average molecular weight is 344 g/mol. The molecule has 2 rings (SSSR count). The van der Waals surface area contributed by atoms with Crippen molar-refractivity contribution in [2.75, 3.05) is 27.2 Å². The van der Waals surface area contributed by atoms with Crippen molar-refractivity contribution in [1.82, 2.24) is 25.0 Å². The van der Waals surface area contributed by atoms with Crippen molar-refractivity contribution in [2.24, 2.45) is 0 Å². The Hall–Kier alpha value is -2.06. The van der Waals surface area contributed by atoms with Gasteiger partial charge in [-0.1, -0.05) is 11.6 Å². The van der Waals surface area contributed by atoms with Crippen LogP contribution < -0.4 is 5.32 Å². The maximum atomic E-state index is 13.5. The molecule has 0 bridgehead atoms. The highest BCUT2D eigenvalue weighted by Gasteiger charge is 2.28. The zero-order valence-electron chi connectivity index (χ0n) is 12.6. The first-order valence-electron chi connectivity index (χ1n) is 6.84. The third kappa shape index (κ3) is 3.65. The van der Waals surface area contributed by atoms with E-state index in [-0.39, 0.29) is 16.4 Å². The Bertz CT molecular complexity index is 692. The van der Waals surface area contributed by atoms with Crippen LogP contribution in [0.5, 0.6) is 0 Å². The Labute approximate surface area is 137 Å². The molecule has 2 heterocycles. The molecule has 1 N–H and O–H groups in total. The summed E-state index contributed by atoms with van der Waals surface area (Å²) in [6.07, 6.45) is -0.365. The number of likely N-dealkylation sites (N-methyl/N-ethyl adjacent to an activating group) is 2. The summed E-state index contributed by atoms with van der Waals surface area (Å²) in [5.41, 5.74) is -0.688. The van der Waals surface area contributed by atoms with Crippen LogP contribution in [0.4, 0.5) is 8.78 Å². The molecule has 0 saturated carbocycles. The molecular formula is C14H16ClF2N5O. The fourth-order valence-electron chi connectivity index (χ4n) is 2.02. The summed E-state index contributed by atoms with van der Waals surface area (Å²) in [7, 11) is 3.28. The fraction of sp³-hybridized carbons (Fsp3) is 0.357. The maximum Gasteiger partial charge on any atom is 0.281 e. The van der Waals surface area contributed by atoms with Gasteiger partial charge in [-0.05, 0) is 19.2 Å². The summed E-state index contributed by atoms with van der Waals surface area (Å²) in [4.78, 5) is 17.7. The molecule has 0 spiro atoms. The molecule has 2 aromatic heterocycles. The molecule has 0 aliphatic carbocycles. The zero-order chi connectivity index (χ0) is 17.0. The quantitative estimate of drug-likeness (QED) is 0.873. The van der Waals surface area contributed by atoms with Crippen LogP contribution in [0.1, 0.15) is 22.5 Å². The van der Waals surface area contributed by atoms with Crippen LogP contribution in [0, 0.1) is 0 Å². The Balaban J connectivity index is 2.44. The number of pyridine rings is 1. The summed E-state index contributed by atoms with van der Waals surface area (Å²) in [5, 5.41) is 6.94. The van der Waals surface area contributed by atoms with E-state index in [4.69, 9.17) is 11.6 Å². The van der Waals surface area contributed by atoms with Gasteiger partial charge in [0.25, 0.3) is 12.3 Å². The van der Waals surface area contributed by atoms with Gasteiger partial charge in [-0.3, -0.25) is 4.79 Å². The molecule has 9 heteroatoms. The first-order chi connectivity index (χ1) is 11.0. The fourth-order valence-corrected chi connectivity index (χ4v) is 2.22. The minimum absolute atomic E-state index is 0.0568. The van der Waals surface area contributed by atoms with E-state index < -0.39 is 18.0 Å². The highest BCUT2D eigenvalue weighted by atomic mass is 35.5. The highest BCUT2D eigenvalue weighted by molar-refractivity contribution is 6.32. The monoisotopic (exact) mass is 343 g/mol. The number of rotatable bonds is 6. The predicted octanol–water partition coefficient (Wildman–Crippen LogP) is 2.15. The summed E-state index contributed by atoms with van der Waals surface area (Å²) >= 11 is 5.98. The molecule has 6 nitrogen and oxygen atoms in total. The lowest BCUT2D eigenvalue weighted by atomic mass is 10.2. The second kappa shape index (κ2) is 7.47. The topological polar surface area (TPSA) is 63.1 Å². The van der Waals surface area contributed by atoms with Crippen molar-refractivity contribution < 1.29 is 13.6 Å². The molecule has 0 saturated heterocycles. The molecule has 0 aliphatic rings. The molecule has 2 aromatic rings. The summed E-state index contributed by atoms with van der Waals surface area (Å²) < 4.78 is 27.9. The van der Waals surface area contributed by atoms with Gasteiger partial charge >= 0.3 is 0 Å². The standard InChI is InChI=1S/C14H16ClF2N5O/c1-18-6-7-21(2)14(23)9-8-20-22(11(9)12(16)17)13-10(15)4-3-5-19-13/h3-5,8,12,18H,6-7H2,1-2H3. The van der Waals surface area contributed by atoms with Gasteiger partial charge in [-0.2, -0.15) is 5.10 Å². The number of nitrogens with one attached hydrogen (secondary N) is 1. The van der Waals surface area contributed by atoms with Crippen molar-refractivity contribution in [1.29, 1.82) is 0 Å². The second-order valence-electron chi connectivity index (χ2n) is 4.80. The van der Waals surface area contributed by atoms with Crippen LogP contribution in [0.2, 0.25) is 5.02 Å².